The van der Waals surface area contributed by atoms with Crippen molar-refractivity contribution in [1.29, 1.82) is 0 Å². The van der Waals surface area contributed by atoms with Crippen LogP contribution in [0, 0.1) is 25.5 Å². The Morgan fingerprint density at radius 1 is 0.848 bits per heavy atom. The SMILES string of the molecule is Cc1ccc(C2=C(Nc3ccc(C(C)C)cc3)C(=O)N(c3cc(F)ccc3F)C2=O)c(C)c1. The zero-order valence-electron chi connectivity index (χ0n) is 18.9. The number of rotatable bonds is 5. The van der Waals surface area contributed by atoms with Gasteiger partial charge in [-0.15, -0.1) is 0 Å². The number of aryl methyl sites for hydroxylation is 2. The highest BCUT2D eigenvalue weighted by atomic mass is 19.1. The molecule has 0 radical (unpaired) electrons. The van der Waals surface area contributed by atoms with Crippen molar-refractivity contribution in [3.05, 3.63) is 100 Å². The van der Waals surface area contributed by atoms with Crippen LogP contribution in [0.1, 0.15) is 42.0 Å². The number of nitrogens with zero attached hydrogens (tertiary/aromatic N) is 1. The Hall–Kier alpha value is -3.80. The molecular formula is C27H24F2N2O2. The molecule has 0 aromatic heterocycles. The van der Waals surface area contributed by atoms with Gasteiger partial charge in [0.2, 0.25) is 0 Å². The van der Waals surface area contributed by atoms with E-state index in [2.05, 4.69) is 19.2 Å². The molecule has 1 aliphatic rings. The van der Waals surface area contributed by atoms with Crippen LogP contribution in [-0.4, -0.2) is 11.8 Å². The van der Waals surface area contributed by atoms with Crippen molar-refractivity contribution in [1.82, 2.24) is 0 Å². The summed E-state index contributed by atoms with van der Waals surface area (Å²) in [5.74, 6) is -2.72. The number of amides is 2. The quantitative estimate of drug-likeness (QED) is 0.482. The van der Waals surface area contributed by atoms with Crippen LogP contribution in [0.25, 0.3) is 5.57 Å². The lowest BCUT2D eigenvalue weighted by atomic mass is 9.97. The van der Waals surface area contributed by atoms with Crippen molar-refractivity contribution >= 4 is 28.8 Å². The highest BCUT2D eigenvalue weighted by Gasteiger charge is 2.42. The predicted octanol–water partition coefficient (Wildman–Crippen LogP) is 6.10. The molecule has 0 saturated carbocycles. The number of hydrogen-bond acceptors (Lipinski definition) is 3. The second-order valence-corrected chi connectivity index (χ2v) is 8.51. The van der Waals surface area contributed by atoms with Gasteiger partial charge in [0, 0.05) is 11.8 Å². The lowest BCUT2D eigenvalue weighted by molar-refractivity contribution is -0.120. The van der Waals surface area contributed by atoms with E-state index in [9.17, 15) is 18.4 Å². The number of carbonyl (C=O) groups excluding carboxylic acids is 2. The summed E-state index contributed by atoms with van der Waals surface area (Å²) in [6, 6.07) is 15.7. The molecule has 0 bridgehead atoms. The molecule has 1 N–H and O–H groups in total. The van der Waals surface area contributed by atoms with Gasteiger partial charge in [-0.05, 0) is 60.7 Å². The fraction of sp³-hybridized carbons (Fsp3) is 0.185. The van der Waals surface area contributed by atoms with Crippen molar-refractivity contribution < 1.29 is 18.4 Å². The van der Waals surface area contributed by atoms with Crippen LogP contribution in [-0.2, 0) is 9.59 Å². The summed E-state index contributed by atoms with van der Waals surface area (Å²) in [7, 11) is 0. The van der Waals surface area contributed by atoms with E-state index in [-0.39, 0.29) is 11.3 Å². The van der Waals surface area contributed by atoms with Gasteiger partial charge in [-0.25, -0.2) is 13.7 Å². The molecular weight excluding hydrogens is 422 g/mol. The number of hydrogen-bond donors (Lipinski definition) is 1. The normalized spacial score (nSPS) is 14.0. The second kappa shape index (κ2) is 8.62. The summed E-state index contributed by atoms with van der Waals surface area (Å²) < 4.78 is 28.4. The number of halogens is 2. The summed E-state index contributed by atoms with van der Waals surface area (Å²) in [6.45, 7) is 7.92. The van der Waals surface area contributed by atoms with Gasteiger partial charge in [-0.3, -0.25) is 9.59 Å². The van der Waals surface area contributed by atoms with Crippen molar-refractivity contribution in [3.8, 4) is 0 Å². The molecule has 0 spiro atoms. The zero-order valence-corrected chi connectivity index (χ0v) is 18.9. The van der Waals surface area contributed by atoms with Crippen LogP contribution in [0.3, 0.4) is 0 Å². The van der Waals surface area contributed by atoms with Crippen LogP contribution < -0.4 is 10.2 Å². The van der Waals surface area contributed by atoms with Gasteiger partial charge in [-0.1, -0.05) is 49.7 Å². The van der Waals surface area contributed by atoms with E-state index < -0.39 is 29.1 Å². The molecule has 1 aliphatic heterocycles. The minimum absolute atomic E-state index is 0.0212. The van der Waals surface area contributed by atoms with Crippen molar-refractivity contribution in [3.63, 3.8) is 0 Å². The molecule has 0 aliphatic carbocycles. The van der Waals surface area contributed by atoms with E-state index in [4.69, 9.17) is 0 Å². The topological polar surface area (TPSA) is 49.4 Å². The first-order valence-corrected chi connectivity index (χ1v) is 10.7. The van der Waals surface area contributed by atoms with E-state index in [0.717, 1.165) is 34.9 Å². The Bertz CT molecular complexity index is 1290. The predicted molar refractivity (Wildman–Crippen MR) is 126 cm³/mol. The minimum atomic E-state index is -0.861. The van der Waals surface area contributed by atoms with Crippen LogP contribution in [0.15, 0.2) is 66.4 Å². The maximum atomic E-state index is 14.6. The maximum Gasteiger partial charge on any atom is 0.282 e. The first-order chi connectivity index (χ1) is 15.7. The highest BCUT2D eigenvalue weighted by Crippen LogP contribution is 2.36. The number of imide groups is 1. The maximum absolute atomic E-state index is 14.6. The zero-order chi connectivity index (χ0) is 23.9. The van der Waals surface area contributed by atoms with Gasteiger partial charge in [-0.2, -0.15) is 0 Å². The molecule has 2 amide bonds. The number of benzene rings is 3. The van der Waals surface area contributed by atoms with Gasteiger partial charge in [0.25, 0.3) is 11.8 Å². The van der Waals surface area contributed by atoms with Crippen molar-refractivity contribution in [2.24, 2.45) is 0 Å². The molecule has 3 aromatic carbocycles. The third-order valence-electron chi connectivity index (χ3n) is 5.73. The third-order valence-corrected chi connectivity index (χ3v) is 5.73. The molecule has 0 fully saturated rings. The molecule has 33 heavy (non-hydrogen) atoms. The Morgan fingerprint density at radius 2 is 1.55 bits per heavy atom. The van der Waals surface area contributed by atoms with E-state index in [1.165, 1.54) is 0 Å². The molecule has 6 heteroatoms. The molecule has 1 heterocycles. The fourth-order valence-corrected chi connectivity index (χ4v) is 3.96. The smallest absolute Gasteiger partial charge is 0.282 e. The van der Waals surface area contributed by atoms with Gasteiger partial charge in [0.15, 0.2) is 0 Å². The molecule has 4 nitrogen and oxygen atoms in total. The van der Waals surface area contributed by atoms with E-state index in [1.807, 2.05) is 50.2 Å². The molecule has 0 atom stereocenters. The number of nitrogens with one attached hydrogen (secondary N) is 1. The summed E-state index contributed by atoms with van der Waals surface area (Å²) >= 11 is 0. The molecule has 0 unspecified atom stereocenters. The Balaban J connectivity index is 1.85. The fourth-order valence-electron chi connectivity index (χ4n) is 3.96. The third kappa shape index (κ3) is 4.16. The van der Waals surface area contributed by atoms with Gasteiger partial charge >= 0.3 is 0 Å². The van der Waals surface area contributed by atoms with E-state index in [1.54, 1.807) is 6.07 Å². The first kappa shape index (κ1) is 22.4. The van der Waals surface area contributed by atoms with Gasteiger partial charge in [0.05, 0.1) is 11.3 Å². The summed E-state index contributed by atoms with van der Waals surface area (Å²) in [5, 5.41) is 3.06. The van der Waals surface area contributed by atoms with Gasteiger partial charge < -0.3 is 5.32 Å². The summed E-state index contributed by atoms with van der Waals surface area (Å²) in [6.07, 6.45) is 0. The van der Waals surface area contributed by atoms with Crippen molar-refractivity contribution in [2.45, 2.75) is 33.6 Å². The molecule has 168 valence electrons. The van der Waals surface area contributed by atoms with E-state index >= 15 is 0 Å². The van der Waals surface area contributed by atoms with Crippen molar-refractivity contribution in [2.75, 3.05) is 10.2 Å². The summed E-state index contributed by atoms with van der Waals surface area (Å²) in [4.78, 5) is 27.6. The molecule has 4 rings (SSSR count). The van der Waals surface area contributed by atoms with E-state index in [0.29, 0.717) is 22.1 Å². The summed E-state index contributed by atoms with van der Waals surface area (Å²) in [5.41, 5.74) is 3.81. The molecule has 3 aromatic rings. The minimum Gasteiger partial charge on any atom is -0.350 e. The average molecular weight is 446 g/mol. The standard InChI is InChI=1S/C27H24F2N2O2/c1-15(2)18-6-9-20(10-7-18)30-25-24(21-11-5-16(3)13-17(21)4)26(32)31(27(25)33)23-14-19(28)8-12-22(23)29/h5-15,30H,1-4H3. The second-order valence-electron chi connectivity index (χ2n) is 8.51. The van der Waals surface area contributed by atoms with Crippen LogP contribution in [0.4, 0.5) is 20.2 Å². The monoisotopic (exact) mass is 446 g/mol. The highest BCUT2D eigenvalue weighted by molar-refractivity contribution is 6.46. The number of carbonyl (C=O) groups is 2. The van der Waals surface area contributed by atoms with Crippen LogP contribution in [0.2, 0.25) is 0 Å². The Kier molecular flexibility index (Phi) is 5.85. The molecule has 0 saturated heterocycles. The lowest BCUT2D eigenvalue weighted by Gasteiger charge is -2.16. The van der Waals surface area contributed by atoms with Crippen LogP contribution in [0.5, 0.6) is 0 Å². The average Bonchev–Trinajstić information content (AvgIpc) is 3.00. The Labute approximate surface area is 191 Å². The first-order valence-electron chi connectivity index (χ1n) is 10.7. The number of anilines is 2. The largest absolute Gasteiger partial charge is 0.350 e. The lowest BCUT2D eigenvalue weighted by Crippen LogP contribution is -2.33. The van der Waals surface area contributed by atoms with Gasteiger partial charge in [0.1, 0.15) is 17.3 Å². The van der Waals surface area contributed by atoms with Crippen LogP contribution >= 0.6 is 0 Å². The Morgan fingerprint density at radius 3 is 2.18 bits per heavy atom.